The molecule has 5 nitrogen and oxygen atoms in total. The van der Waals surface area contributed by atoms with Crippen LogP contribution in [0, 0.1) is 0 Å². The highest BCUT2D eigenvalue weighted by molar-refractivity contribution is 5.78. The van der Waals surface area contributed by atoms with Crippen LogP contribution in [-0.4, -0.2) is 58.1 Å². The monoisotopic (exact) mass is 394 g/mol. The van der Waals surface area contributed by atoms with Crippen molar-refractivity contribution in [1.29, 1.82) is 0 Å². The SMILES string of the molecule is O=C(C[C@@H](c1cccc(O)c1)c1ccccc1O)N1CCN(C2CCCC2)CC1. The molecule has 1 aliphatic carbocycles. The molecule has 0 spiro atoms. The van der Waals surface area contributed by atoms with Gasteiger partial charge in [0.2, 0.25) is 5.91 Å². The number of para-hydroxylation sites is 1. The minimum Gasteiger partial charge on any atom is -0.508 e. The summed E-state index contributed by atoms with van der Waals surface area (Å²) in [6.45, 7) is 3.43. The summed E-state index contributed by atoms with van der Waals surface area (Å²) in [6, 6.07) is 14.8. The first-order chi connectivity index (χ1) is 14.1. The molecule has 154 valence electrons. The molecule has 2 fully saturated rings. The zero-order valence-corrected chi connectivity index (χ0v) is 16.8. The minimum absolute atomic E-state index is 0.104. The molecule has 1 aliphatic heterocycles. The molecular formula is C24H30N2O3. The third-order valence-corrected chi connectivity index (χ3v) is 6.47. The molecule has 5 heteroatoms. The first kappa shape index (κ1) is 19.8. The summed E-state index contributed by atoms with van der Waals surface area (Å²) in [7, 11) is 0. The molecule has 0 unspecified atom stereocenters. The van der Waals surface area contributed by atoms with Gasteiger partial charge in [0.25, 0.3) is 0 Å². The van der Waals surface area contributed by atoms with E-state index in [1.807, 2.05) is 23.1 Å². The van der Waals surface area contributed by atoms with E-state index in [1.54, 1.807) is 30.3 Å². The number of carbonyl (C=O) groups excluding carboxylic acids is 1. The van der Waals surface area contributed by atoms with Crippen molar-refractivity contribution in [3.05, 3.63) is 59.7 Å². The van der Waals surface area contributed by atoms with Gasteiger partial charge in [0.1, 0.15) is 11.5 Å². The van der Waals surface area contributed by atoms with Crippen molar-refractivity contribution in [3.63, 3.8) is 0 Å². The fourth-order valence-corrected chi connectivity index (χ4v) is 4.84. The third-order valence-electron chi connectivity index (χ3n) is 6.47. The Balaban J connectivity index is 1.48. The lowest BCUT2D eigenvalue weighted by molar-refractivity contribution is -0.133. The summed E-state index contributed by atoms with van der Waals surface area (Å²) in [5.41, 5.74) is 1.56. The highest BCUT2D eigenvalue weighted by Gasteiger charge is 2.30. The minimum atomic E-state index is -0.288. The van der Waals surface area contributed by atoms with Crippen LogP contribution in [0.2, 0.25) is 0 Å². The van der Waals surface area contributed by atoms with Crippen LogP contribution in [0.3, 0.4) is 0 Å². The van der Waals surface area contributed by atoms with Gasteiger partial charge >= 0.3 is 0 Å². The van der Waals surface area contributed by atoms with Gasteiger partial charge in [-0.25, -0.2) is 0 Å². The summed E-state index contributed by atoms with van der Waals surface area (Å²) in [5, 5.41) is 20.3. The zero-order chi connectivity index (χ0) is 20.2. The normalized spacial score (nSPS) is 19.4. The van der Waals surface area contributed by atoms with Crippen LogP contribution in [0.4, 0.5) is 0 Å². The van der Waals surface area contributed by atoms with Crippen LogP contribution in [0.5, 0.6) is 11.5 Å². The van der Waals surface area contributed by atoms with Gasteiger partial charge in [0, 0.05) is 50.1 Å². The Morgan fingerprint density at radius 3 is 2.38 bits per heavy atom. The largest absolute Gasteiger partial charge is 0.508 e. The molecule has 1 amide bonds. The van der Waals surface area contributed by atoms with Crippen LogP contribution in [0.15, 0.2) is 48.5 Å². The Bertz CT molecular complexity index is 840. The van der Waals surface area contributed by atoms with Crippen molar-refractivity contribution in [2.24, 2.45) is 0 Å². The van der Waals surface area contributed by atoms with Gasteiger partial charge in [0.15, 0.2) is 0 Å². The smallest absolute Gasteiger partial charge is 0.223 e. The highest BCUT2D eigenvalue weighted by Crippen LogP contribution is 2.35. The van der Waals surface area contributed by atoms with Crippen molar-refractivity contribution in [2.75, 3.05) is 26.2 Å². The lowest BCUT2D eigenvalue weighted by atomic mass is 9.87. The lowest BCUT2D eigenvalue weighted by Gasteiger charge is -2.38. The molecule has 1 heterocycles. The fraction of sp³-hybridized carbons (Fsp3) is 0.458. The highest BCUT2D eigenvalue weighted by atomic mass is 16.3. The molecule has 2 N–H and O–H groups in total. The Morgan fingerprint density at radius 1 is 0.966 bits per heavy atom. The quantitative estimate of drug-likeness (QED) is 0.812. The molecule has 0 radical (unpaired) electrons. The van der Waals surface area contributed by atoms with Gasteiger partial charge in [0.05, 0.1) is 0 Å². The molecule has 29 heavy (non-hydrogen) atoms. The van der Waals surface area contributed by atoms with E-state index in [-0.39, 0.29) is 29.7 Å². The molecule has 4 rings (SSSR count). The molecule has 2 aromatic carbocycles. The van der Waals surface area contributed by atoms with Crippen molar-refractivity contribution in [3.8, 4) is 11.5 Å². The van der Waals surface area contributed by atoms with Gasteiger partial charge < -0.3 is 15.1 Å². The molecule has 1 saturated carbocycles. The van der Waals surface area contributed by atoms with Gasteiger partial charge in [-0.3, -0.25) is 9.69 Å². The first-order valence-electron chi connectivity index (χ1n) is 10.7. The van der Waals surface area contributed by atoms with Gasteiger partial charge in [-0.1, -0.05) is 43.2 Å². The maximum absolute atomic E-state index is 13.1. The third kappa shape index (κ3) is 4.56. The molecule has 2 aliphatic rings. The molecule has 0 bridgehead atoms. The summed E-state index contributed by atoms with van der Waals surface area (Å²) < 4.78 is 0. The summed E-state index contributed by atoms with van der Waals surface area (Å²) >= 11 is 0. The number of benzene rings is 2. The van der Waals surface area contributed by atoms with Crippen molar-refractivity contribution in [1.82, 2.24) is 9.80 Å². The number of hydrogen-bond donors (Lipinski definition) is 2. The standard InChI is InChI=1S/C24H30N2O3/c27-20-9-5-6-18(16-20)22(21-10-3-4-11-23(21)28)17-24(29)26-14-12-25(13-15-26)19-7-1-2-8-19/h3-6,9-11,16,19,22,27-28H,1-2,7-8,12-15,17H2/t22-/m0/s1. The number of piperazine rings is 1. The second-order valence-corrected chi connectivity index (χ2v) is 8.27. The van der Waals surface area contributed by atoms with E-state index in [9.17, 15) is 15.0 Å². The first-order valence-corrected chi connectivity index (χ1v) is 10.7. The predicted molar refractivity (Wildman–Crippen MR) is 113 cm³/mol. The van der Waals surface area contributed by atoms with E-state index in [1.165, 1.54) is 25.7 Å². The van der Waals surface area contributed by atoms with Crippen LogP contribution >= 0.6 is 0 Å². The summed E-state index contributed by atoms with van der Waals surface area (Å²) in [4.78, 5) is 17.7. The number of hydrogen-bond acceptors (Lipinski definition) is 4. The number of aromatic hydroxyl groups is 2. The number of nitrogens with zero attached hydrogens (tertiary/aromatic N) is 2. The van der Waals surface area contributed by atoms with E-state index < -0.39 is 0 Å². The topological polar surface area (TPSA) is 64.0 Å². The second-order valence-electron chi connectivity index (χ2n) is 8.27. The molecule has 1 saturated heterocycles. The van der Waals surface area contributed by atoms with E-state index >= 15 is 0 Å². The summed E-state index contributed by atoms with van der Waals surface area (Å²) in [5.74, 6) is 0.163. The number of carbonyl (C=O) groups is 1. The van der Waals surface area contributed by atoms with Gasteiger partial charge in [-0.2, -0.15) is 0 Å². The Labute approximate surface area is 172 Å². The average molecular weight is 395 g/mol. The maximum Gasteiger partial charge on any atom is 0.223 e. The van der Waals surface area contributed by atoms with E-state index in [4.69, 9.17) is 0 Å². The van der Waals surface area contributed by atoms with E-state index in [2.05, 4.69) is 4.90 Å². The lowest BCUT2D eigenvalue weighted by Crippen LogP contribution is -2.51. The van der Waals surface area contributed by atoms with E-state index in [0.717, 1.165) is 37.3 Å². The second kappa shape index (κ2) is 8.87. The molecule has 0 aromatic heterocycles. The predicted octanol–water partition coefficient (Wildman–Crippen LogP) is 3.71. The van der Waals surface area contributed by atoms with Crippen molar-refractivity contribution in [2.45, 2.75) is 44.1 Å². The average Bonchev–Trinajstić information content (AvgIpc) is 3.27. The fourth-order valence-electron chi connectivity index (χ4n) is 4.84. The van der Waals surface area contributed by atoms with Gasteiger partial charge in [-0.05, 0) is 36.6 Å². The Hall–Kier alpha value is -2.53. The molecule has 1 atom stereocenters. The molecule has 2 aromatic rings. The Morgan fingerprint density at radius 2 is 1.69 bits per heavy atom. The molecular weight excluding hydrogens is 364 g/mol. The van der Waals surface area contributed by atoms with Crippen LogP contribution < -0.4 is 0 Å². The van der Waals surface area contributed by atoms with E-state index in [0.29, 0.717) is 6.04 Å². The zero-order valence-electron chi connectivity index (χ0n) is 16.8. The van der Waals surface area contributed by atoms with Crippen molar-refractivity contribution < 1.29 is 15.0 Å². The van der Waals surface area contributed by atoms with Crippen LogP contribution in [0.25, 0.3) is 0 Å². The van der Waals surface area contributed by atoms with Crippen LogP contribution in [0.1, 0.15) is 49.1 Å². The number of phenolic OH excluding ortho intramolecular Hbond substituents is 2. The summed E-state index contributed by atoms with van der Waals surface area (Å²) in [6.07, 6.45) is 5.53. The maximum atomic E-state index is 13.1. The Kier molecular flexibility index (Phi) is 6.05. The van der Waals surface area contributed by atoms with Crippen molar-refractivity contribution >= 4 is 5.91 Å². The van der Waals surface area contributed by atoms with Gasteiger partial charge in [-0.15, -0.1) is 0 Å². The van der Waals surface area contributed by atoms with Crippen LogP contribution in [-0.2, 0) is 4.79 Å². The number of amides is 1. The number of rotatable bonds is 5. The number of phenols is 2.